The summed E-state index contributed by atoms with van der Waals surface area (Å²) in [4.78, 5) is 31.5. The Labute approximate surface area is 157 Å². The molecule has 1 N–H and O–H groups in total. The lowest BCUT2D eigenvalue weighted by molar-refractivity contribution is -0.141. The molecule has 136 valence electrons. The first-order valence-corrected chi connectivity index (χ1v) is 8.45. The minimum absolute atomic E-state index is 0.366. The number of hydrogen-bond donors (Lipinski definition) is 1. The van der Waals surface area contributed by atoms with Crippen molar-refractivity contribution in [3.05, 3.63) is 78.1 Å². The fraction of sp³-hybridized carbons (Fsp3) is 0.143. The molecule has 0 aliphatic carbocycles. The van der Waals surface area contributed by atoms with Crippen LogP contribution in [0.25, 0.3) is 11.3 Å². The number of nitrogens with one attached hydrogen (secondary N) is 1. The largest absolute Gasteiger partial charge is 0.467 e. The number of ether oxygens (including phenoxy) is 1. The molecule has 0 amide bonds. The van der Waals surface area contributed by atoms with Crippen molar-refractivity contribution in [3.63, 3.8) is 0 Å². The molecule has 1 aromatic heterocycles. The third-order valence-electron chi connectivity index (χ3n) is 4.10. The van der Waals surface area contributed by atoms with Gasteiger partial charge in [-0.05, 0) is 5.56 Å². The van der Waals surface area contributed by atoms with Crippen molar-refractivity contribution in [1.82, 2.24) is 9.97 Å². The lowest BCUT2D eigenvalue weighted by atomic mass is 10.1. The number of rotatable bonds is 7. The standard InChI is InChI=1S/C21H19N3O3/c1-27-21(26)19(11-15-5-3-2-4-6-15)24-20-12-18(22-14-23-20)17-9-7-16(13-25)8-10-17/h2-10,12-14,19H,11H2,1H3,(H,22,23,24). The van der Waals surface area contributed by atoms with Gasteiger partial charge in [0.2, 0.25) is 0 Å². The molecule has 1 heterocycles. The summed E-state index contributed by atoms with van der Waals surface area (Å²) in [6, 6.07) is 18.0. The zero-order valence-electron chi connectivity index (χ0n) is 14.8. The van der Waals surface area contributed by atoms with Gasteiger partial charge in [0.05, 0.1) is 12.8 Å². The fourth-order valence-corrected chi connectivity index (χ4v) is 2.69. The van der Waals surface area contributed by atoms with Gasteiger partial charge in [-0.15, -0.1) is 0 Å². The topological polar surface area (TPSA) is 81.2 Å². The monoisotopic (exact) mass is 361 g/mol. The number of hydrogen-bond acceptors (Lipinski definition) is 6. The van der Waals surface area contributed by atoms with Gasteiger partial charge in [-0.3, -0.25) is 4.79 Å². The number of aldehydes is 1. The zero-order valence-corrected chi connectivity index (χ0v) is 14.8. The maximum absolute atomic E-state index is 12.2. The molecule has 27 heavy (non-hydrogen) atoms. The van der Waals surface area contributed by atoms with Crippen LogP contribution in [0.15, 0.2) is 67.0 Å². The van der Waals surface area contributed by atoms with Crippen LogP contribution in [0.5, 0.6) is 0 Å². The number of aromatic nitrogens is 2. The number of anilines is 1. The molecule has 2 aromatic carbocycles. The van der Waals surface area contributed by atoms with Crippen molar-refractivity contribution in [2.24, 2.45) is 0 Å². The van der Waals surface area contributed by atoms with Crippen molar-refractivity contribution in [2.75, 3.05) is 12.4 Å². The van der Waals surface area contributed by atoms with Crippen molar-refractivity contribution in [3.8, 4) is 11.3 Å². The van der Waals surface area contributed by atoms with E-state index in [1.807, 2.05) is 42.5 Å². The Hall–Kier alpha value is -3.54. The van der Waals surface area contributed by atoms with Crippen molar-refractivity contribution in [2.45, 2.75) is 12.5 Å². The lowest BCUT2D eigenvalue weighted by Crippen LogP contribution is -2.33. The van der Waals surface area contributed by atoms with E-state index in [-0.39, 0.29) is 5.97 Å². The van der Waals surface area contributed by atoms with Crippen LogP contribution < -0.4 is 5.32 Å². The van der Waals surface area contributed by atoms with Gasteiger partial charge in [-0.2, -0.15) is 0 Å². The highest BCUT2D eigenvalue weighted by atomic mass is 16.5. The number of esters is 1. The summed E-state index contributed by atoms with van der Waals surface area (Å²) in [5.74, 6) is 0.153. The molecule has 0 bridgehead atoms. The Morgan fingerprint density at radius 2 is 1.85 bits per heavy atom. The molecule has 1 atom stereocenters. The predicted octanol–water partition coefficient (Wildman–Crippen LogP) is 3.15. The Kier molecular flexibility index (Phi) is 5.89. The maximum atomic E-state index is 12.2. The maximum Gasteiger partial charge on any atom is 0.328 e. The molecule has 0 aliphatic heterocycles. The molecule has 3 rings (SSSR count). The first kappa shape index (κ1) is 18.3. The van der Waals surface area contributed by atoms with Crippen LogP contribution >= 0.6 is 0 Å². The average molecular weight is 361 g/mol. The molecule has 0 fully saturated rings. The smallest absolute Gasteiger partial charge is 0.328 e. The van der Waals surface area contributed by atoms with Gasteiger partial charge in [-0.25, -0.2) is 14.8 Å². The molecule has 6 heteroatoms. The molecule has 0 saturated heterocycles. The quantitative estimate of drug-likeness (QED) is 0.514. The van der Waals surface area contributed by atoms with Crippen LogP contribution in [-0.4, -0.2) is 35.4 Å². The first-order valence-electron chi connectivity index (χ1n) is 8.45. The Balaban J connectivity index is 1.81. The van der Waals surface area contributed by atoms with Crippen LogP contribution in [0.2, 0.25) is 0 Å². The van der Waals surface area contributed by atoms with E-state index in [4.69, 9.17) is 4.74 Å². The van der Waals surface area contributed by atoms with E-state index in [9.17, 15) is 9.59 Å². The molecule has 0 radical (unpaired) electrons. The number of methoxy groups -OCH3 is 1. The molecule has 3 aromatic rings. The molecule has 0 saturated carbocycles. The van der Waals surface area contributed by atoms with Crippen LogP contribution in [0.4, 0.5) is 5.82 Å². The summed E-state index contributed by atoms with van der Waals surface area (Å²) in [6.07, 6.45) is 2.70. The SMILES string of the molecule is COC(=O)C(Cc1ccccc1)Nc1cc(-c2ccc(C=O)cc2)ncn1. The molecule has 0 spiro atoms. The van der Waals surface area contributed by atoms with Crippen molar-refractivity contribution >= 4 is 18.1 Å². The van der Waals surface area contributed by atoms with E-state index in [0.717, 1.165) is 17.4 Å². The summed E-state index contributed by atoms with van der Waals surface area (Å²) in [7, 11) is 1.36. The number of nitrogens with zero attached hydrogens (tertiary/aromatic N) is 2. The second-order valence-electron chi connectivity index (χ2n) is 5.94. The van der Waals surface area contributed by atoms with Crippen molar-refractivity contribution < 1.29 is 14.3 Å². The average Bonchev–Trinajstić information content (AvgIpc) is 2.73. The van der Waals surface area contributed by atoms with Gasteiger partial charge in [0.15, 0.2) is 0 Å². The zero-order chi connectivity index (χ0) is 19.1. The fourth-order valence-electron chi connectivity index (χ4n) is 2.69. The predicted molar refractivity (Wildman–Crippen MR) is 102 cm³/mol. The van der Waals surface area contributed by atoms with E-state index < -0.39 is 6.04 Å². The third kappa shape index (κ3) is 4.76. The van der Waals surface area contributed by atoms with Crippen molar-refractivity contribution in [1.29, 1.82) is 0 Å². The van der Waals surface area contributed by atoms with Crippen LogP contribution in [0.3, 0.4) is 0 Å². The summed E-state index contributed by atoms with van der Waals surface area (Å²) in [5.41, 5.74) is 3.15. The van der Waals surface area contributed by atoms with E-state index >= 15 is 0 Å². The second-order valence-corrected chi connectivity index (χ2v) is 5.94. The van der Waals surface area contributed by atoms with Gasteiger partial charge in [-0.1, -0.05) is 54.6 Å². The number of carbonyl (C=O) groups excluding carboxylic acids is 2. The van der Waals surface area contributed by atoms with Crippen LogP contribution in [0.1, 0.15) is 15.9 Å². The number of benzene rings is 2. The summed E-state index contributed by atoms with van der Waals surface area (Å²) in [6.45, 7) is 0. The number of carbonyl (C=O) groups is 2. The first-order chi connectivity index (χ1) is 13.2. The van der Waals surface area contributed by atoms with Gasteiger partial charge in [0.25, 0.3) is 0 Å². The van der Waals surface area contributed by atoms with Gasteiger partial charge in [0.1, 0.15) is 24.5 Å². The minimum Gasteiger partial charge on any atom is -0.467 e. The van der Waals surface area contributed by atoms with E-state index in [1.165, 1.54) is 13.4 Å². The highest BCUT2D eigenvalue weighted by Gasteiger charge is 2.20. The normalized spacial score (nSPS) is 11.4. The highest BCUT2D eigenvalue weighted by molar-refractivity contribution is 5.80. The Bertz CT molecular complexity index is 911. The molecule has 6 nitrogen and oxygen atoms in total. The minimum atomic E-state index is -0.572. The van der Waals surface area contributed by atoms with Gasteiger partial charge >= 0.3 is 5.97 Å². The van der Waals surface area contributed by atoms with Gasteiger partial charge in [0, 0.05) is 23.6 Å². The lowest BCUT2D eigenvalue weighted by Gasteiger charge is -2.17. The van der Waals surface area contributed by atoms with Crippen LogP contribution in [-0.2, 0) is 16.0 Å². The van der Waals surface area contributed by atoms with Gasteiger partial charge < -0.3 is 10.1 Å². The molecule has 1 unspecified atom stereocenters. The third-order valence-corrected chi connectivity index (χ3v) is 4.10. The van der Waals surface area contributed by atoms with Crippen LogP contribution in [0, 0.1) is 0 Å². The van der Waals surface area contributed by atoms with E-state index in [2.05, 4.69) is 15.3 Å². The second kappa shape index (κ2) is 8.71. The highest BCUT2D eigenvalue weighted by Crippen LogP contribution is 2.20. The summed E-state index contributed by atoms with van der Waals surface area (Å²) >= 11 is 0. The Morgan fingerprint density at radius 3 is 2.52 bits per heavy atom. The Morgan fingerprint density at radius 1 is 1.11 bits per heavy atom. The molecule has 0 aliphatic rings. The summed E-state index contributed by atoms with van der Waals surface area (Å²) < 4.78 is 4.92. The summed E-state index contributed by atoms with van der Waals surface area (Å²) in [5, 5.41) is 3.13. The van der Waals surface area contributed by atoms with E-state index in [1.54, 1.807) is 18.2 Å². The molecular formula is C21H19N3O3. The molecular weight excluding hydrogens is 342 g/mol. The van der Waals surface area contributed by atoms with E-state index in [0.29, 0.717) is 23.5 Å².